The molecule has 0 aliphatic heterocycles. The maximum atomic E-state index is 12.7. The van der Waals surface area contributed by atoms with Gasteiger partial charge in [0.2, 0.25) is 0 Å². The Bertz CT molecular complexity index is 1370. The van der Waals surface area contributed by atoms with Gasteiger partial charge in [-0.05, 0) is 36.4 Å². The number of aromatic nitrogens is 4. The minimum atomic E-state index is -0.241. The number of fused-ring (bicyclic) bond motifs is 3. The number of imidazole rings is 1. The average Bonchev–Trinajstić information content (AvgIpc) is 3.29. The first-order chi connectivity index (χ1) is 13.7. The highest BCUT2D eigenvalue weighted by Gasteiger charge is 2.19. The molecule has 3 heterocycles. The van der Waals surface area contributed by atoms with Crippen LogP contribution in [0.3, 0.4) is 0 Å². The molecule has 0 saturated heterocycles. The topological polar surface area (TPSA) is 72.3 Å². The SMILES string of the molecule is COc1ccc(-c2cnc3sc4c(-c5ccc(Br)cc5)n[nH]c(=O)c4n23)cc1. The number of methoxy groups -OCH3 is 1. The van der Waals surface area contributed by atoms with E-state index in [1.807, 2.05) is 52.9 Å². The van der Waals surface area contributed by atoms with Gasteiger partial charge in [0.25, 0.3) is 5.56 Å². The molecule has 0 saturated carbocycles. The monoisotopic (exact) mass is 452 g/mol. The third-order valence-corrected chi connectivity index (χ3v) is 6.15. The van der Waals surface area contributed by atoms with Gasteiger partial charge in [-0.3, -0.25) is 9.20 Å². The number of aromatic amines is 1. The van der Waals surface area contributed by atoms with Crippen LogP contribution in [-0.2, 0) is 0 Å². The van der Waals surface area contributed by atoms with E-state index in [1.165, 1.54) is 11.3 Å². The van der Waals surface area contributed by atoms with Crippen LogP contribution in [0.15, 0.2) is 64.0 Å². The van der Waals surface area contributed by atoms with E-state index < -0.39 is 0 Å². The molecule has 0 amide bonds. The number of thiazole rings is 1. The van der Waals surface area contributed by atoms with Crippen molar-refractivity contribution in [2.75, 3.05) is 7.11 Å². The standard InChI is InChI=1S/C20H13BrN4O2S/c1-27-14-8-4-11(5-9-14)15-10-22-20-25(15)17-18(28-20)16(23-24-19(17)26)12-2-6-13(21)7-3-12/h2-10H,1H3,(H,24,26). The van der Waals surface area contributed by atoms with Gasteiger partial charge in [0, 0.05) is 15.6 Å². The zero-order chi connectivity index (χ0) is 19.3. The van der Waals surface area contributed by atoms with Gasteiger partial charge in [0.05, 0.1) is 23.7 Å². The van der Waals surface area contributed by atoms with Gasteiger partial charge in [-0.2, -0.15) is 5.10 Å². The van der Waals surface area contributed by atoms with Crippen molar-refractivity contribution < 1.29 is 4.74 Å². The van der Waals surface area contributed by atoms with E-state index in [2.05, 4.69) is 31.1 Å². The van der Waals surface area contributed by atoms with Crippen molar-refractivity contribution in [2.24, 2.45) is 0 Å². The molecule has 138 valence electrons. The van der Waals surface area contributed by atoms with Gasteiger partial charge in [-0.1, -0.05) is 39.4 Å². The Morgan fingerprint density at radius 2 is 1.79 bits per heavy atom. The third-order valence-electron chi connectivity index (χ3n) is 4.56. The number of H-pyrrole nitrogens is 1. The summed E-state index contributed by atoms with van der Waals surface area (Å²) in [5.74, 6) is 0.777. The van der Waals surface area contributed by atoms with E-state index in [-0.39, 0.29) is 5.56 Å². The Morgan fingerprint density at radius 3 is 2.50 bits per heavy atom. The Morgan fingerprint density at radius 1 is 1.07 bits per heavy atom. The Balaban J connectivity index is 1.79. The lowest BCUT2D eigenvalue weighted by atomic mass is 10.1. The first kappa shape index (κ1) is 17.2. The molecule has 0 spiro atoms. The molecule has 0 bridgehead atoms. The van der Waals surface area contributed by atoms with E-state index in [0.29, 0.717) is 5.52 Å². The molecule has 0 aliphatic carbocycles. The number of halogens is 1. The fraction of sp³-hybridized carbons (Fsp3) is 0.0500. The van der Waals surface area contributed by atoms with E-state index in [0.717, 1.165) is 42.4 Å². The van der Waals surface area contributed by atoms with Crippen molar-refractivity contribution in [1.82, 2.24) is 19.6 Å². The lowest BCUT2D eigenvalue weighted by Gasteiger charge is -2.04. The van der Waals surface area contributed by atoms with Crippen molar-refractivity contribution in [3.8, 4) is 28.3 Å². The van der Waals surface area contributed by atoms with Crippen LogP contribution in [0.2, 0.25) is 0 Å². The fourth-order valence-corrected chi connectivity index (χ4v) is 4.58. The summed E-state index contributed by atoms with van der Waals surface area (Å²) in [6, 6.07) is 15.5. The fourth-order valence-electron chi connectivity index (χ4n) is 3.21. The van der Waals surface area contributed by atoms with Crippen LogP contribution in [-0.4, -0.2) is 26.7 Å². The second-order valence-electron chi connectivity index (χ2n) is 6.18. The first-order valence-corrected chi connectivity index (χ1v) is 10.1. The summed E-state index contributed by atoms with van der Waals surface area (Å²) in [6.07, 6.45) is 1.78. The van der Waals surface area contributed by atoms with E-state index in [1.54, 1.807) is 13.3 Å². The van der Waals surface area contributed by atoms with Crippen LogP contribution in [0.4, 0.5) is 0 Å². The minimum Gasteiger partial charge on any atom is -0.497 e. The summed E-state index contributed by atoms with van der Waals surface area (Å²) in [4.78, 5) is 18.0. The molecule has 2 aromatic carbocycles. The summed E-state index contributed by atoms with van der Waals surface area (Å²) in [7, 11) is 1.63. The molecule has 1 N–H and O–H groups in total. The third kappa shape index (κ3) is 2.64. The van der Waals surface area contributed by atoms with Crippen molar-refractivity contribution in [3.05, 3.63) is 69.6 Å². The molecule has 5 aromatic rings. The van der Waals surface area contributed by atoms with E-state index in [9.17, 15) is 4.79 Å². The molecule has 28 heavy (non-hydrogen) atoms. The van der Waals surface area contributed by atoms with Crippen LogP contribution in [0, 0.1) is 0 Å². The zero-order valence-electron chi connectivity index (χ0n) is 14.6. The average molecular weight is 453 g/mol. The predicted octanol–water partition coefficient (Wildman–Crippen LogP) is 4.74. The molecule has 0 atom stereocenters. The summed E-state index contributed by atoms with van der Waals surface area (Å²) >= 11 is 4.91. The van der Waals surface area contributed by atoms with Crippen LogP contribution >= 0.6 is 27.3 Å². The Kier molecular flexibility index (Phi) is 4.03. The highest BCUT2D eigenvalue weighted by atomic mass is 79.9. The molecule has 0 radical (unpaired) electrons. The maximum Gasteiger partial charge on any atom is 0.290 e. The molecule has 6 nitrogen and oxygen atoms in total. The van der Waals surface area contributed by atoms with Crippen molar-refractivity contribution in [2.45, 2.75) is 0 Å². The molecular formula is C20H13BrN4O2S. The Hall–Kier alpha value is -2.97. The lowest BCUT2D eigenvalue weighted by molar-refractivity contribution is 0.415. The molecule has 0 unspecified atom stereocenters. The van der Waals surface area contributed by atoms with E-state index in [4.69, 9.17) is 4.74 Å². The minimum absolute atomic E-state index is 0.241. The largest absolute Gasteiger partial charge is 0.497 e. The smallest absolute Gasteiger partial charge is 0.290 e. The van der Waals surface area contributed by atoms with Gasteiger partial charge in [0.1, 0.15) is 17.0 Å². The second-order valence-corrected chi connectivity index (χ2v) is 8.07. The quantitative estimate of drug-likeness (QED) is 0.429. The number of ether oxygens (including phenoxy) is 1. The molecule has 0 aliphatic rings. The summed E-state index contributed by atoms with van der Waals surface area (Å²) < 4.78 is 8.92. The lowest BCUT2D eigenvalue weighted by Crippen LogP contribution is -2.11. The highest BCUT2D eigenvalue weighted by Crippen LogP contribution is 2.35. The molecule has 0 fully saturated rings. The number of hydrogen-bond acceptors (Lipinski definition) is 5. The van der Waals surface area contributed by atoms with Crippen LogP contribution in [0.1, 0.15) is 0 Å². The molecule has 3 aromatic heterocycles. The molecular weight excluding hydrogens is 440 g/mol. The van der Waals surface area contributed by atoms with Gasteiger partial charge in [-0.15, -0.1) is 0 Å². The van der Waals surface area contributed by atoms with E-state index >= 15 is 0 Å². The summed E-state index contributed by atoms with van der Waals surface area (Å²) in [5.41, 5.74) is 3.78. The number of benzene rings is 2. The van der Waals surface area contributed by atoms with Crippen molar-refractivity contribution in [3.63, 3.8) is 0 Å². The number of nitrogens with one attached hydrogen (secondary N) is 1. The van der Waals surface area contributed by atoms with Crippen molar-refractivity contribution in [1.29, 1.82) is 0 Å². The number of rotatable bonds is 3. The number of hydrogen-bond donors (Lipinski definition) is 1. The van der Waals surface area contributed by atoms with Crippen LogP contribution in [0.25, 0.3) is 37.7 Å². The highest BCUT2D eigenvalue weighted by molar-refractivity contribution is 9.10. The summed E-state index contributed by atoms with van der Waals surface area (Å²) in [6.45, 7) is 0. The van der Waals surface area contributed by atoms with Gasteiger partial charge < -0.3 is 4.74 Å². The Labute approximate surface area is 171 Å². The number of nitrogens with zero attached hydrogens (tertiary/aromatic N) is 3. The van der Waals surface area contributed by atoms with Gasteiger partial charge in [0.15, 0.2) is 4.96 Å². The molecule has 8 heteroatoms. The first-order valence-electron chi connectivity index (χ1n) is 8.44. The second kappa shape index (κ2) is 6.57. The van der Waals surface area contributed by atoms with Gasteiger partial charge in [-0.25, -0.2) is 10.1 Å². The predicted molar refractivity (Wildman–Crippen MR) is 114 cm³/mol. The normalized spacial score (nSPS) is 11.4. The van der Waals surface area contributed by atoms with Crippen LogP contribution < -0.4 is 10.3 Å². The van der Waals surface area contributed by atoms with Gasteiger partial charge >= 0.3 is 0 Å². The molecule has 5 rings (SSSR count). The van der Waals surface area contributed by atoms with Crippen molar-refractivity contribution >= 4 is 42.4 Å². The van der Waals surface area contributed by atoms with Crippen LogP contribution in [0.5, 0.6) is 5.75 Å². The zero-order valence-corrected chi connectivity index (χ0v) is 17.0. The maximum absolute atomic E-state index is 12.7. The summed E-state index contributed by atoms with van der Waals surface area (Å²) in [5, 5.41) is 6.95.